The van der Waals surface area contributed by atoms with Gasteiger partial charge in [0, 0.05) is 36.8 Å². The number of hydrogen-bond donors (Lipinski definition) is 2. The highest BCUT2D eigenvalue weighted by atomic mass is 35.5. The van der Waals surface area contributed by atoms with Crippen molar-refractivity contribution in [1.82, 2.24) is 15.1 Å². The summed E-state index contributed by atoms with van der Waals surface area (Å²) in [6, 6.07) is -0.133. The van der Waals surface area contributed by atoms with Crippen molar-refractivity contribution < 1.29 is 4.79 Å². The average Bonchev–Trinajstić information content (AvgIpc) is 2.49. The molecule has 6 heteroatoms. The van der Waals surface area contributed by atoms with Crippen molar-refractivity contribution in [3.63, 3.8) is 0 Å². The second-order valence-corrected chi connectivity index (χ2v) is 4.64. The summed E-state index contributed by atoms with van der Waals surface area (Å²) in [4.78, 5) is 11.8. The summed E-state index contributed by atoms with van der Waals surface area (Å²) in [6.45, 7) is 8.13. The van der Waals surface area contributed by atoms with Crippen LogP contribution in [0.3, 0.4) is 0 Å². The highest BCUT2D eigenvalue weighted by molar-refractivity contribution is 5.85. The third-order valence-electron chi connectivity index (χ3n) is 3.30. The predicted molar refractivity (Wildman–Crippen MR) is 74.6 cm³/mol. The zero-order valence-corrected chi connectivity index (χ0v) is 12.5. The fourth-order valence-electron chi connectivity index (χ4n) is 1.65. The van der Waals surface area contributed by atoms with Crippen molar-refractivity contribution in [3.05, 3.63) is 17.0 Å². The van der Waals surface area contributed by atoms with Gasteiger partial charge in [-0.2, -0.15) is 5.10 Å². The number of rotatable bonds is 4. The van der Waals surface area contributed by atoms with Crippen molar-refractivity contribution in [2.24, 2.45) is 18.7 Å². The fourth-order valence-corrected chi connectivity index (χ4v) is 1.65. The van der Waals surface area contributed by atoms with Crippen LogP contribution in [0.2, 0.25) is 0 Å². The van der Waals surface area contributed by atoms with Crippen molar-refractivity contribution >= 4 is 18.3 Å². The Hall–Kier alpha value is -1.07. The molecule has 18 heavy (non-hydrogen) atoms. The topological polar surface area (TPSA) is 72.9 Å². The van der Waals surface area contributed by atoms with E-state index in [9.17, 15) is 4.79 Å². The van der Waals surface area contributed by atoms with Gasteiger partial charge in [-0.25, -0.2) is 0 Å². The molecule has 1 rings (SSSR count). The zero-order chi connectivity index (χ0) is 13.2. The van der Waals surface area contributed by atoms with Gasteiger partial charge in [0.1, 0.15) is 0 Å². The molecule has 104 valence electrons. The summed E-state index contributed by atoms with van der Waals surface area (Å²) in [5.41, 5.74) is 8.81. The molecular formula is C12H23ClN4O. The van der Waals surface area contributed by atoms with Crippen LogP contribution in [-0.2, 0) is 18.4 Å². The number of amides is 1. The molecule has 1 amide bonds. The largest absolute Gasteiger partial charge is 0.352 e. The minimum absolute atomic E-state index is 0. The number of nitrogens with zero attached hydrogens (tertiary/aromatic N) is 2. The molecule has 5 nitrogen and oxygen atoms in total. The van der Waals surface area contributed by atoms with Crippen LogP contribution >= 0.6 is 12.4 Å². The Morgan fingerprint density at radius 2 is 2.00 bits per heavy atom. The second kappa shape index (κ2) is 6.75. The van der Waals surface area contributed by atoms with Gasteiger partial charge < -0.3 is 11.1 Å². The summed E-state index contributed by atoms with van der Waals surface area (Å²) >= 11 is 0. The van der Waals surface area contributed by atoms with Gasteiger partial charge in [0.15, 0.2) is 0 Å². The molecule has 0 aliphatic rings. The average molecular weight is 275 g/mol. The Morgan fingerprint density at radius 1 is 1.44 bits per heavy atom. The molecule has 1 heterocycles. The Labute approximate surface area is 115 Å². The number of aromatic nitrogens is 2. The lowest BCUT2D eigenvalue weighted by Crippen LogP contribution is -2.38. The lowest BCUT2D eigenvalue weighted by molar-refractivity contribution is -0.125. The van der Waals surface area contributed by atoms with E-state index in [2.05, 4.69) is 10.4 Å². The van der Waals surface area contributed by atoms with E-state index in [0.717, 1.165) is 17.0 Å². The first-order valence-corrected chi connectivity index (χ1v) is 5.87. The first kappa shape index (κ1) is 16.9. The maximum absolute atomic E-state index is 11.8. The number of carbonyl (C=O) groups is 1. The summed E-state index contributed by atoms with van der Waals surface area (Å²) in [7, 11) is 1.90. The molecule has 2 atom stereocenters. The number of carbonyl (C=O) groups excluding carboxylic acids is 1. The molecule has 0 spiro atoms. The molecule has 0 saturated carbocycles. The molecule has 0 saturated heterocycles. The molecule has 3 N–H and O–H groups in total. The molecule has 0 bridgehead atoms. The van der Waals surface area contributed by atoms with Crippen LogP contribution in [0.15, 0.2) is 0 Å². The third-order valence-corrected chi connectivity index (χ3v) is 3.30. The normalized spacial score (nSPS) is 13.7. The summed E-state index contributed by atoms with van der Waals surface area (Å²) in [6.07, 6.45) is 0. The van der Waals surface area contributed by atoms with Gasteiger partial charge in [0.05, 0.1) is 5.69 Å². The number of aryl methyl sites for hydroxylation is 2. The van der Waals surface area contributed by atoms with E-state index in [4.69, 9.17) is 5.73 Å². The van der Waals surface area contributed by atoms with E-state index in [1.165, 1.54) is 0 Å². The van der Waals surface area contributed by atoms with Gasteiger partial charge in [-0.3, -0.25) is 9.48 Å². The van der Waals surface area contributed by atoms with Crippen LogP contribution in [0, 0.1) is 19.8 Å². The Morgan fingerprint density at radius 3 is 2.39 bits per heavy atom. The SMILES string of the molecule is Cc1nn(C)c(C)c1CNC(=O)C(C)C(C)N.Cl. The number of hydrogen-bond acceptors (Lipinski definition) is 3. The van der Waals surface area contributed by atoms with Crippen molar-refractivity contribution in [3.8, 4) is 0 Å². The van der Waals surface area contributed by atoms with E-state index >= 15 is 0 Å². The van der Waals surface area contributed by atoms with Gasteiger partial charge in [-0.05, 0) is 20.8 Å². The quantitative estimate of drug-likeness (QED) is 0.862. The smallest absolute Gasteiger partial charge is 0.224 e. The van der Waals surface area contributed by atoms with Crippen LogP contribution < -0.4 is 11.1 Å². The molecular weight excluding hydrogens is 252 g/mol. The Balaban J connectivity index is 0.00000289. The zero-order valence-electron chi connectivity index (χ0n) is 11.7. The van der Waals surface area contributed by atoms with E-state index in [1.807, 2.05) is 39.4 Å². The first-order valence-electron chi connectivity index (χ1n) is 5.87. The predicted octanol–water partition coefficient (Wildman–Crippen LogP) is 1.06. The molecule has 1 aromatic rings. The van der Waals surface area contributed by atoms with Crippen molar-refractivity contribution in [2.45, 2.75) is 40.3 Å². The number of halogens is 1. The summed E-state index contributed by atoms with van der Waals surface area (Å²) < 4.78 is 1.83. The van der Waals surface area contributed by atoms with Crippen LogP contribution in [-0.4, -0.2) is 21.7 Å². The molecule has 1 aromatic heterocycles. The Kier molecular flexibility index (Phi) is 6.35. The highest BCUT2D eigenvalue weighted by Gasteiger charge is 2.17. The lowest BCUT2D eigenvalue weighted by Gasteiger charge is -2.15. The minimum atomic E-state index is -0.174. The molecule has 0 aliphatic carbocycles. The molecule has 2 unspecified atom stereocenters. The van der Waals surface area contributed by atoms with Crippen LogP contribution in [0.1, 0.15) is 30.8 Å². The maximum atomic E-state index is 11.8. The molecule has 0 aromatic carbocycles. The van der Waals surface area contributed by atoms with Gasteiger partial charge in [-0.1, -0.05) is 6.92 Å². The van der Waals surface area contributed by atoms with Crippen molar-refractivity contribution in [1.29, 1.82) is 0 Å². The number of nitrogens with one attached hydrogen (secondary N) is 1. The first-order chi connectivity index (χ1) is 7.84. The van der Waals surface area contributed by atoms with Crippen LogP contribution in [0.4, 0.5) is 0 Å². The van der Waals surface area contributed by atoms with Crippen LogP contribution in [0.25, 0.3) is 0 Å². The van der Waals surface area contributed by atoms with E-state index in [0.29, 0.717) is 6.54 Å². The summed E-state index contributed by atoms with van der Waals surface area (Å²) in [5, 5.41) is 7.21. The van der Waals surface area contributed by atoms with E-state index in [-0.39, 0.29) is 30.3 Å². The Bertz CT molecular complexity index is 414. The number of nitrogens with two attached hydrogens (primary N) is 1. The minimum Gasteiger partial charge on any atom is -0.352 e. The maximum Gasteiger partial charge on any atom is 0.224 e. The molecule has 0 fully saturated rings. The molecule has 0 radical (unpaired) electrons. The molecule has 0 aliphatic heterocycles. The standard InChI is InChI=1S/C12H22N4O.ClH/c1-7(8(2)13)12(17)14-6-11-9(3)15-16(5)10(11)4;/h7-8H,6,13H2,1-5H3,(H,14,17);1H. The van der Waals surface area contributed by atoms with Gasteiger partial charge >= 0.3 is 0 Å². The van der Waals surface area contributed by atoms with Crippen molar-refractivity contribution in [2.75, 3.05) is 0 Å². The van der Waals surface area contributed by atoms with Gasteiger partial charge in [-0.15, -0.1) is 12.4 Å². The fraction of sp³-hybridized carbons (Fsp3) is 0.667. The lowest BCUT2D eigenvalue weighted by atomic mass is 10.0. The van der Waals surface area contributed by atoms with Crippen LogP contribution in [0.5, 0.6) is 0 Å². The van der Waals surface area contributed by atoms with Gasteiger partial charge in [0.2, 0.25) is 5.91 Å². The highest BCUT2D eigenvalue weighted by Crippen LogP contribution is 2.11. The summed E-state index contributed by atoms with van der Waals surface area (Å²) in [5.74, 6) is -0.185. The van der Waals surface area contributed by atoms with E-state index in [1.54, 1.807) is 0 Å². The van der Waals surface area contributed by atoms with E-state index < -0.39 is 0 Å². The third kappa shape index (κ3) is 3.71. The second-order valence-electron chi connectivity index (χ2n) is 4.64. The van der Waals surface area contributed by atoms with Gasteiger partial charge in [0.25, 0.3) is 0 Å². The monoisotopic (exact) mass is 274 g/mol.